The number of ether oxygens (including phenoxy) is 1. The largest absolute Gasteiger partial charge is 0.378 e. The maximum Gasteiger partial charge on any atom is 0.206 e. The Labute approximate surface area is 172 Å². The van der Waals surface area contributed by atoms with Crippen molar-refractivity contribution in [3.05, 3.63) is 70.2 Å². The molecule has 0 aliphatic carbocycles. The zero-order chi connectivity index (χ0) is 19.2. The summed E-state index contributed by atoms with van der Waals surface area (Å²) in [6.07, 6.45) is 3.68. The predicted octanol–water partition coefficient (Wildman–Crippen LogP) is 4.08. The van der Waals surface area contributed by atoms with Gasteiger partial charge in [0.15, 0.2) is 0 Å². The minimum absolute atomic E-state index is 0.578. The number of hydrogen-bond donors (Lipinski definition) is 0. The summed E-state index contributed by atoms with van der Waals surface area (Å²) in [6, 6.07) is 12.7. The number of morpholine rings is 1. The Bertz CT molecular complexity index is 994. The fraction of sp³-hybridized carbons (Fsp3) is 0.238. The lowest BCUT2D eigenvalue weighted by Gasteiger charge is -2.28. The highest BCUT2D eigenvalue weighted by molar-refractivity contribution is 7.14. The molecular weight excluding hydrogens is 388 g/mol. The molecule has 0 atom stereocenters. The highest BCUT2D eigenvalue weighted by atomic mass is 32.1. The average Bonchev–Trinajstić information content (AvgIpc) is 3.41. The van der Waals surface area contributed by atoms with Crippen LogP contribution in [0.1, 0.15) is 5.56 Å². The molecule has 0 unspecified atom stereocenters. The van der Waals surface area contributed by atoms with Crippen molar-refractivity contribution in [2.24, 2.45) is 10.1 Å². The number of thiophene rings is 1. The van der Waals surface area contributed by atoms with Gasteiger partial charge in [-0.15, -0.1) is 29.3 Å². The lowest BCUT2D eigenvalue weighted by molar-refractivity contribution is 0.122. The SMILES string of the molecule is C=CCN=c1scc(-c2cccs2)n1N=Cc1ccc(N2CCOCC2)cc1. The number of hydrogen-bond acceptors (Lipinski definition) is 6. The van der Waals surface area contributed by atoms with Gasteiger partial charge >= 0.3 is 0 Å². The summed E-state index contributed by atoms with van der Waals surface area (Å²) in [5.41, 5.74) is 3.34. The lowest BCUT2D eigenvalue weighted by Crippen LogP contribution is -2.36. The summed E-state index contributed by atoms with van der Waals surface area (Å²) in [5, 5.41) is 8.91. The van der Waals surface area contributed by atoms with Crippen molar-refractivity contribution in [1.29, 1.82) is 0 Å². The molecule has 0 saturated carbocycles. The molecule has 5 nitrogen and oxygen atoms in total. The number of rotatable bonds is 6. The Balaban J connectivity index is 1.60. The Morgan fingerprint density at radius 3 is 2.64 bits per heavy atom. The fourth-order valence-electron chi connectivity index (χ4n) is 2.97. The van der Waals surface area contributed by atoms with Crippen molar-refractivity contribution in [2.45, 2.75) is 0 Å². The Hall–Kier alpha value is -2.48. The van der Waals surface area contributed by atoms with E-state index >= 15 is 0 Å². The Morgan fingerprint density at radius 2 is 1.93 bits per heavy atom. The van der Waals surface area contributed by atoms with Crippen LogP contribution in [0.25, 0.3) is 10.6 Å². The standard InChI is InChI=1S/C21H22N4OS2/c1-2-9-22-21-25(19(16-28-21)20-4-3-14-27-20)23-15-17-5-7-18(8-6-17)24-10-12-26-13-11-24/h2-8,14-16H,1,9-13H2. The van der Waals surface area contributed by atoms with Gasteiger partial charge in [-0.2, -0.15) is 5.10 Å². The van der Waals surface area contributed by atoms with Gasteiger partial charge in [-0.1, -0.05) is 24.3 Å². The molecule has 3 aromatic rings. The molecule has 28 heavy (non-hydrogen) atoms. The smallest absolute Gasteiger partial charge is 0.206 e. The van der Waals surface area contributed by atoms with E-state index in [4.69, 9.17) is 9.84 Å². The van der Waals surface area contributed by atoms with Gasteiger partial charge in [0.05, 0.1) is 36.5 Å². The van der Waals surface area contributed by atoms with E-state index < -0.39 is 0 Å². The van der Waals surface area contributed by atoms with Crippen molar-refractivity contribution in [3.63, 3.8) is 0 Å². The highest BCUT2D eigenvalue weighted by Crippen LogP contribution is 2.25. The quantitative estimate of drug-likeness (QED) is 0.454. The van der Waals surface area contributed by atoms with Crippen LogP contribution in [-0.4, -0.2) is 43.7 Å². The van der Waals surface area contributed by atoms with Crippen LogP contribution >= 0.6 is 22.7 Å². The Kier molecular flexibility index (Phi) is 6.16. The first kappa shape index (κ1) is 18.9. The first-order valence-corrected chi connectivity index (χ1v) is 10.9. The molecule has 1 fully saturated rings. The zero-order valence-corrected chi connectivity index (χ0v) is 17.2. The van der Waals surface area contributed by atoms with Crippen molar-refractivity contribution >= 4 is 34.6 Å². The van der Waals surface area contributed by atoms with Gasteiger partial charge in [-0.05, 0) is 29.1 Å². The zero-order valence-electron chi connectivity index (χ0n) is 15.5. The summed E-state index contributed by atoms with van der Waals surface area (Å²) < 4.78 is 7.34. The molecule has 1 aromatic carbocycles. The fourth-order valence-corrected chi connectivity index (χ4v) is 4.61. The third-order valence-electron chi connectivity index (χ3n) is 4.41. The molecule has 7 heteroatoms. The van der Waals surface area contributed by atoms with Gasteiger partial charge < -0.3 is 9.64 Å². The highest BCUT2D eigenvalue weighted by Gasteiger charge is 2.11. The number of benzene rings is 1. The van der Waals surface area contributed by atoms with E-state index in [1.165, 1.54) is 10.6 Å². The van der Waals surface area contributed by atoms with Gasteiger partial charge in [0, 0.05) is 24.2 Å². The number of aromatic nitrogens is 1. The van der Waals surface area contributed by atoms with Crippen LogP contribution in [0.15, 0.2) is 69.9 Å². The number of nitrogens with zero attached hydrogens (tertiary/aromatic N) is 4. The third-order valence-corrected chi connectivity index (χ3v) is 6.15. The van der Waals surface area contributed by atoms with E-state index in [9.17, 15) is 0 Å². The van der Waals surface area contributed by atoms with E-state index in [2.05, 4.69) is 63.6 Å². The maximum atomic E-state index is 5.43. The first-order chi connectivity index (χ1) is 13.8. The van der Waals surface area contributed by atoms with Crippen molar-refractivity contribution in [3.8, 4) is 10.6 Å². The van der Waals surface area contributed by atoms with Crippen LogP contribution in [0.2, 0.25) is 0 Å². The molecule has 0 spiro atoms. The molecule has 144 valence electrons. The second-order valence-corrected chi connectivity index (χ2v) is 8.04. The molecule has 2 aromatic heterocycles. The molecule has 0 amide bonds. The molecule has 0 radical (unpaired) electrons. The van der Waals surface area contributed by atoms with E-state index in [-0.39, 0.29) is 0 Å². The maximum absolute atomic E-state index is 5.43. The van der Waals surface area contributed by atoms with Crippen LogP contribution in [0.4, 0.5) is 5.69 Å². The number of thiazole rings is 1. The second kappa shape index (κ2) is 9.14. The molecule has 1 aliphatic heterocycles. The summed E-state index contributed by atoms with van der Waals surface area (Å²) in [4.78, 5) is 8.97. The molecule has 1 aliphatic rings. The monoisotopic (exact) mass is 410 g/mol. The first-order valence-electron chi connectivity index (χ1n) is 9.18. The van der Waals surface area contributed by atoms with Crippen LogP contribution < -0.4 is 9.70 Å². The molecule has 0 bridgehead atoms. The van der Waals surface area contributed by atoms with Gasteiger partial charge in [0.2, 0.25) is 4.80 Å². The normalized spacial score (nSPS) is 15.4. The van der Waals surface area contributed by atoms with E-state index in [1.54, 1.807) is 28.7 Å². The predicted molar refractivity (Wildman–Crippen MR) is 119 cm³/mol. The summed E-state index contributed by atoms with van der Waals surface area (Å²) in [7, 11) is 0. The molecule has 3 heterocycles. The van der Waals surface area contributed by atoms with E-state index in [1.807, 2.05) is 10.9 Å². The minimum Gasteiger partial charge on any atom is -0.378 e. The molecular formula is C21H22N4OS2. The second-order valence-electron chi connectivity index (χ2n) is 6.26. The third kappa shape index (κ3) is 4.32. The van der Waals surface area contributed by atoms with Crippen molar-refractivity contribution < 1.29 is 4.74 Å². The van der Waals surface area contributed by atoms with Crippen molar-refractivity contribution in [2.75, 3.05) is 37.7 Å². The summed E-state index contributed by atoms with van der Waals surface area (Å²) >= 11 is 3.29. The molecule has 1 saturated heterocycles. The van der Waals surface area contributed by atoms with E-state index in [0.29, 0.717) is 6.54 Å². The average molecular weight is 411 g/mol. The molecule has 4 rings (SSSR count). The minimum atomic E-state index is 0.578. The number of anilines is 1. The van der Waals surface area contributed by atoms with Gasteiger partial charge in [-0.3, -0.25) is 4.99 Å². The molecule has 0 N–H and O–H groups in total. The summed E-state index contributed by atoms with van der Waals surface area (Å²) in [6.45, 7) is 7.80. The summed E-state index contributed by atoms with van der Waals surface area (Å²) in [5.74, 6) is 0. The van der Waals surface area contributed by atoms with Gasteiger partial charge in [-0.25, -0.2) is 4.68 Å². The van der Waals surface area contributed by atoms with Crippen LogP contribution in [0, 0.1) is 0 Å². The van der Waals surface area contributed by atoms with E-state index in [0.717, 1.165) is 42.4 Å². The van der Waals surface area contributed by atoms with Crippen molar-refractivity contribution in [1.82, 2.24) is 4.68 Å². The van der Waals surface area contributed by atoms with Crippen LogP contribution in [-0.2, 0) is 4.74 Å². The topological polar surface area (TPSA) is 42.1 Å². The Morgan fingerprint density at radius 1 is 1.11 bits per heavy atom. The van der Waals surface area contributed by atoms with Gasteiger partial charge in [0.1, 0.15) is 0 Å². The van der Waals surface area contributed by atoms with Crippen LogP contribution in [0.5, 0.6) is 0 Å². The van der Waals surface area contributed by atoms with Crippen LogP contribution in [0.3, 0.4) is 0 Å². The lowest BCUT2D eigenvalue weighted by atomic mass is 10.2. The van der Waals surface area contributed by atoms with Gasteiger partial charge in [0.25, 0.3) is 0 Å².